The summed E-state index contributed by atoms with van der Waals surface area (Å²) >= 11 is 6.36. The Morgan fingerprint density at radius 1 is 1.06 bits per heavy atom. The quantitative estimate of drug-likeness (QED) is 0.467. The van der Waals surface area contributed by atoms with E-state index in [9.17, 15) is 19.5 Å². The molecule has 2 aromatic carbocycles. The molecule has 192 valence electrons. The van der Waals surface area contributed by atoms with Crippen LogP contribution in [-0.4, -0.2) is 38.0 Å². The number of aromatic nitrogens is 3. The van der Waals surface area contributed by atoms with E-state index in [4.69, 9.17) is 21.1 Å². The van der Waals surface area contributed by atoms with Crippen molar-refractivity contribution in [2.75, 3.05) is 7.11 Å². The Kier molecular flexibility index (Phi) is 8.41. The predicted octanol–water partition coefficient (Wildman–Crippen LogP) is 2.80. The first-order valence-electron chi connectivity index (χ1n) is 11.3. The minimum absolute atomic E-state index is 0.0708. The van der Waals surface area contributed by atoms with Gasteiger partial charge in [-0.2, -0.15) is 0 Å². The zero-order valence-electron chi connectivity index (χ0n) is 20.8. The van der Waals surface area contributed by atoms with E-state index in [1.165, 1.54) is 23.1 Å². The second kappa shape index (κ2) is 11.3. The van der Waals surface area contributed by atoms with E-state index in [2.05, 4.69) is 4.99 Å². The SMILES string of the molecule is COc1ccc(Cn2c(=Nc3ccc(OC(C)C)c(Cl)c3)n(C)c(=O)n(C[C@H](C)C(=O)O)c2=O)cc1. The number of aliphatic carboxylic acids is 1. The number of rotatable bonds is 9. The van der Waals surface area contributed by atoms with Gasteiger partial charge in [0.05, 0.1) is 36.4 Å². The molecule has 0 aliphatic carbocycles. The molecule has 0 amide bonds. The average Bonchev–Trinajstić information content (AvgIpc) is 2.84. The highest BCUT2D eigenvalue weighted by molar-refractivity contribution is 6.32. The highest BCUT2D eigenvalue weighted by Crippen LogP contribution is 2.29. The van der Waals surface area contributed by atoms with Crippen molar-refractivity contribution < 1.29 is 19.4 Å². The second-order valence-electron chi connectivity index (χ2n) is 8.60. The molecule has 0 spiro atoms. The number of methoxy groups -OCH3 is 1. The molecule has 10 nitrogen and oxygen atoms in total. The number of nitrogens with zero attached hydrogens (tertiary/aromatic N) is 4. The standard InChI is InChI=1S/C25H29ClN4O6/c1-15(2)36-21-11-8-18(12-20(21)26)27-23-28(4)24(33)30(13-16(3)22(31)32)25(34)29(23)14-17-6-9-19(35-5)10-7-17/h6-12,15-16H,13-14H2,1-5H3,(H,31,32)/t16-/m0/s1. The highest BCUT2D eigenvalue weighted by atomic mass is 35.5. The van der Waals surface area contributed by atoms with Gasteiger partial charge < -0.3 is 14.6 Å². The van der Waals surface area contributed by atoms with E-state index >= 15 is 0 Å². The zero-order chi connectivity index (χ0) is 26.6. The van der Waals surface area contributed by atoms with Crippen molar-refractivity contribution in [3.63, 3.8) is 0 Å². The van der Waals surface area contributed by atoms with Crippen LogP contribution in [0.2, 0.25) is 5.02 Å². The Morgan fingerprint density at radius 3 is 2.28 bits per heavy atom. The lowest BCUT2D eigenvalue weighted by molar-refractivity contribution is -0.141. The molecule has 0 radical (unpaired) electrons. The van der Waals surface area contributed by atoms with Gasteiger partial charge in [0.1, 0.15) is 11.5 Å². The Morgan fingerprint density at radius 2 is 1.72 bits per heavy atom. The molecule has 0 aliphatic rings. The maximum absolute atomic E-state index is 13.5. The normalized spacial score (nSPS) is 12.6. The molecule has 1 N–H and O–H groups in total. The predicted molar refractivity (Wildman–Crippen MR) is 135 cm³/mol. The molecule has 11 heteroatoms. The number of ether oxygens (including phenoxy) is 2. The molecule has 0 saturated heterocycles. The van der Waals surface area contributed by atoms with Gasteiger partial charge in [-0.1, -0.05) is 30.7 Å². The van der Waals surface area contributed by atoms with Crippen molar-refractivity contribution in [2.24, 2.45) is 18.0 Å². The van der Waals surface area contributed by atoms with Crippen LogP contribution in [0.25, 0.3) is 0 Å². The van der Waals surface area contributed by atoms with E-state index < -0.39 is 23.3 Å². The summed E-state index contributed by atoms with van der Waals surface area (Å²) in [7, 11) is 3.03. The summed E-state index contributed by atoms with van der Waals surface area (Å²) in [6.07, 6.45) is -0.0708. The van der Waals surface area contributed by atoms with Gasteiger partial charge >= 0.3 is 17.3 Å². The van der Waals surface area contributed by atoms with E-state index in [0.717, 1.165) is 10.1 Å². The first-order chi connectivity index (χ1) is 17.0. The minimum atomic E-state index is -1.11. The zero-order valence-corrected chi connectivity index (χ0v) is 21.5. The summed E-state index contributed by atoms with van der Waals surface area (Å²) < 4.78 is 14.3. The molecule has 1 aromatic heterocycles. The first-order valence-corrected chi connectivity index (χ1v) is 11.7. The number of carboxylic acids is 1. The van der Waals surface area contributed by atoms with Crippen LogP contribution >= 0.6 is 11.6 Å². The van der Waals surface area contributed by atoms with Crippen LogP contribution in [0, 0.1) is 5.92 Å². The number of carbonyl (C=O) groups is 1. The van der Waals surface area contributed by atoms with E-state index in [-0.39, 0.29) is 24.8 Å². The lowest BCUT2D eigenvalue weighted by Gasteiger charge is -2.16. The Hall–Kier alpha value is -3.79. The fraction of sp³-hybridized carbons (Fsp3) is 0.360. The molecular formula is C25H29ClN4O6. The van der Waals surface area contributed by atoms with Crippen LogP contribution in [-0.2, 0) is 24.9 Å². The molecule has 1 atom stereocenters. The molecule has 36 heavy (non-hydrogen) atoms. The highest BCUT2D eigenvalue weighted by Gasteiger charge is 2.19. The van der Waals surface area contributed by atoms with Crippen LogP contribution in [0.1, 0.15) is 26.3 Å². The molecule has 3 aromatic rings. The monoisotopic (exact) mass is 516 g/mol. The van der Waals surface area contributed by atoms with E-state index in [1.54, 1.807) is 49.6 Å². The van der Waals surface area contributed by atoms with Crippen molar-refractivity contribution in [1.82, 2.24) is 13.7 Å². The van der Waals surface area contributed by atoms with Gasteiger partial charge in [0, 0.05) is 13.6 Å². The fourth-order valence-electron chi connectivity index (χ4n) is 3.48. The molecule has 3 rings (SSSR count). The third-order valence-corrected chi connectivity index (χ3v) is 5.70. The van der Waals surface area contributed by atoms with Crippen molar-refractivity contribution in [1.29, 1.82) is 0 Å². The number of hydrogen-bond acceptors (Lipinski definition) is 6. The van der Waals surface area contributed by atoms with Gasteiger partial charge in [0.2, 0.25) is 5.62 Å². The van der Waals surface area contributed by atoms with Crippen LogP contribution in [0.15, 0.2) is 57.0 Å². The van der Waals surface area contributed by atoms with Crippen molar-refractivity contribution in [2.45, 2.75) is 40.0 Å². The van der Waals surface area contributed by atoms with Crippen LogP contribution in [0.4, 0.5) is 5.69 Å². The van der Waals surface area contributed by atoms with Gasteiger partial charge in [-0.25, -0.2) is 19.1 Å². The third kappa shape index (κ3) is 6.06. The lowest BCUT2D eigenvalue weighted by atomic mass is 10.2. The molecule has 0 saturated carbocycles. The summed E-state index contributed by atoms with van der Waals surface area (Å²) in [4.78, 5) is 42.5. The minimum Gasteiger partial charge on any atom is -0.497 e. The molecule has 0 bridgehead atoms. The summed E-state index contributed by atoms with van der Waals surface area (Å²) in [5, 5.41) is 9.65. The van der Waals surface area contributed by atoms with Crippen LogP contribution < -0.4 is 26.5 Å². The van der Waals surface area contributed by atoms with Gasteiger partial charge in [-0.05, 0) is 49.7 Å². The molecule has 0 unspecified atom stereocenters. The molecule has 1 heterocycles. The van der Waals surface area contributed by atoms with Crippen LogP contribution in [0.5, 0.6) is 11.5 Å². The number of hydrogen-bond donors (Lipinski definition) is 1. The smallest absolute Gasteiger partial charge is 0.335 e. The molecular weight excluding hydrogens is 488 g/mol. The fourth-order valence-corrected chi connectivity index (χ4v) is 3.70. The summed E-state index contributed by atoms with van der Waals surface area (Å²) in [6.45, 7) is 5.00. The Bertz CT molecular complexity index is 1440. The Balaban J connectivity index is 2.22. The third-order valence-electron chi connectivity index (χ3n) is 5.41. The number of halogens is 1. The molecule has 0 aliphatic heterocycles. The van der Waals surface area contributed by atoms with Crippen LogP contribution in [0.3, 0.4) is 0 Å². The maximum atomic E-state index is 13.5. The number of benzene rings is 2. The maximum Gasteiger partial charge on any atom is 0.335 e. The van der Waals surface area contributed by atoms with Gasteiger partial charge in [-0.3, -0.25) is 13.9 Å². The van der Waals surface area contributed by atoms with Crippen molar-refractivity contribution >= 4 is 23.3 Å². The van der Waals surface area contributed by atoms with Gasteiger partial charge in [0.25, 0.3) is 0 Å². The first kappa shape index (κ1) is 26.8. The average molecular weight is 517 g/mol. The molecule has 0 fully saturated rings. The largest absolute Gasteiger partial charge is 0.497 e. The van der Waals surface area contributed by atoms with Crippen molar-refractivity contribution in [3.8, 4) is 11.5 Å². The second-order valence-corrected chi connectivity index (χ2v) is 9.01. The van der Waals surface area contributed by atoms with Gasteiger partial charge in [-0.15, -0.1) is 0 Å². The summed E-state index contributed by atoms with van der Waals surface area (Å²) in [6, 6.07) is 12.0. The Labute approximate surface area is 212 Å². The number of carboxylic acid groups (broad SMARTS) is 1. The van der Waals surface area contributed by atoms with E-state index in [1.807, 2.05) is 13.8 Å². The van der Waals surface area contributed by atoms with Crippen molar-refractivity contribution in [3.05, 3.63) is 79.6 Å². The topological polar surface area (TPSA) is 117 Å². The van der Waals surface area contributed by atoms with Gasteiger partial charge in [0.15, 0.2) is 0 Å². The summed E-state index contributed by atoms with van der Waals surface area (Å²) in [5.41, 5.74) is -0.112. The van der Waals surface area contributed by atoms with E-state index in [0.29, 0.717) is 22.2 Å². The summed E-state index contributed by atoms with van der Waals surface area (Å²) in [5.74, 6) is -0.915. The lowest BCUT2D eigenvalue weighted by Crippen LogP contribution is -2.55.